The second kappa shape index (κ2) is 4.79. The van der Waals surface area contributed by atoms with E-state index in [9.17, 15) is 0 Å². The zero-order valence-electron chi connectivity index (χ0n) is 6.08. The summed E-state index contributed by atoms with van der Waals surface area (Å²) in [5.74, 6) is 3.05. The molecule has 0 saturated heterocycles. The molecular weight excluding hydrogens is 199 g/mol. The van der Waals surface area contributed by atoms with Crippen LogP contribution >= 0.6 is 0 Å². The van der Waals surface area contributed by atoms with Gasteiger partial charge >= 0.3 is 73.1 Å². The average molecular weight is 207 g/mol. The second-order valence-electron chi connectivity index (χ2n) is 1.88. The van der Waals surface area contributed by atoms with Crippen LogP contribution in [0.25, 0.3) is 0 Å². The number of hydrogen-bond acceptors (Lipinski definition) is 0. The van der Waals surface area contributed by atoms with E-state index in [1.165, 1.54) is 0 Å². The Hall–Kier alpha value is -0.961. The molecule has 1 rings (SSSR count). The van der Waals surface area contributed by atoms with Gasteiger partial charge in [-0.05, 0) is 0 Å². The molecule has 0 fully saturated rings. The van der Waals surface area contributed by atoms with Gasteiger partial charge in [0.25, 0.3) is 0 Å². The molecule has 0 bridgehead atoms. The third kappa shape index (κ3) is 3.09. The van der Waals surface area contributed by atoms with Gasteiger partial charge in [-0.15, -0.1) is 0 Å². The summed E-state index contributed by atoms with van der Waals surface area (Å²) in [5, 5.41) is 0. The molecule has 0 saturated carbocycles. The van der Waals surface area contributed by atoms with Gasteiger partial charge in [0.15, 0.2) is 0 Å². The van der Waals surface area contributed by atoms with Gasteiger partial charge in [-0.25, -0.2) is 0 Å². The average Bonchev–Trinajstić information content (AvgIpc) is 2.07. The first-order valence-corrected chi connectivity index (χ1v) is 5.10. The Kier molecular flexibility index (Phi) is 3.55. The van der Waals surface area contributed by atoms with Crippen molar-refractivity contribution in [3.05, 3.63) is 47.4 Å². The van der Waals surface area contributed by atoms with Crippen molar-refractivity contribution >= 4 is 15.0 Å². The Balaban J connectivity index is 2.66. The van der Waals surface area contributed by atoms with Crippen LogP contribution < -0.4 is 0 Å². The summed E-state index contributed by atoms with van der Waals surface area (Å²) in [5.41, 5.74) is 1.08. The van der Waals surface area contributed by atoms with Crippen LogP contribution in [0, 0.1) is 10.7 Å². The monoisotopic (exact) mass is 208 g/mol. The summed E-state index contributed by atoms with van der Waals surface area (Å²) < 4.78 is 0. The van der Waals surface area contributed by atoms with Gasteiger partial charge in [0.05, 0.1) is 0 Å². The molecule has 0 aromatic heterocycles. The Morgan fingerprint density at radius 1 is 1.27 bits per heavy atom. The van der Waals surface area contributed by atoms with Crippen molar-refractivity contribution in [3.8, 4) is 10.7 Å². The van der Waals surface area contributed by atoms with E-state index in [0.717, 1.165) is 5.56 Å². The fourth-order valence-corrected chi connectivity index (χ4v) is 1.20. The van der Waals surface area contributed by atoms with E-state index in [0.29, 0.717) is 0 Å². The first-order chi connectivity index (χ1) is 5.43. The van der Waals surface area contributed by atoms with Crippen LogP contribution in [-0.4, -0.2) is 15.0 Å². The second-order valence-corrected chi connectivity index (χ2v) is 3.50. The van der Waals surface area contributed by atoms with Gasteiger partial charge in [0.2, 0.25) is 0 Å². The van der Waals surface area contributed by atoms with Crippen molar-refractivity contribution in [2.45, 2.75) is 0 Å². The molecule has 0 aliphatic carbocycles. The van der Waals surface area contributed by atoms with Crippen molar-refractivity contribution in [1.29, 1.82) is 0 Å². The SMILES string of the molecule is C=C[Se]C#Cc1ccccc1. The number of benzene rings is 1. The van der Waals surface area contributed by atoms with Crippen LogP contribution in [-0.2, 0) is 0 Å². The van der Waals surface area contributed by atoms with Crippen LogP contribution in [0.4, 0.5) is 0 Å². The van der Waals surface area contributed by atoms with Crippen LogP contribution in [0.5, 0.6) is 0 Å². The first kappa shape index (κ1) is 8.14. The molecule has 0 spiro atoms. The van der Waals surface area contributed by atoms with Crippen LogP contribution in [0.1, 0.15) is 5.56 Å². The molecule has 1 aromatic carbocycles. The van der Waals surface area contributed by atoms with Gasteiger partial charge < -0.3 is 0 Å². The molecule has 1 heteroatoms. The summed E-state index contributed by atoms with van der Waals surface area (Å²) >= 11 is 0.274. The van der Waals surface area contributed by atoms with E-state index in [1.54, 1.807) is 0 Å². The fourth-order valence-electron chi connectivity index (χ4n) is 0.652. The quantitative estimate of drug-likeness (QED) is 0.487. The molecule has 0 radical (unpaired) electrons. The van der Waals surface area contributed by atoms with Gasteiger partial charge in [0, 0.05) is 0 Å². The van der Waals surface area contributed by atoms with Crippen molar-refractivity contribution in [2.75, 3.05) is 0 Å². The molecule has 0 atom stereocenters. The topological polar surface area (TPSA) is 0 Å². The molecule has 0 unspecified atom stereocenters. The zero-order valence-corrected chi connectivity index (χ0v) is 7.79. The molecule has 0 amide bonds. The predicted molar refractivity (Wildman–Crippen MR) is 49.3 cm³/mol. The molecule has 0 aliphatic heterocycles. The van der Waals surface area contributed by atoms with Gasteiger partial charge in [-0.1, -0.05) is 0 Å². The molecule has 0 heterocycles. The standard InChI is InChI=1S/C10H8Se/c1-2-11-9-8-10-6-4-3-5-7-10/h2-7H,1H2. The Morgan fingerprint density at radius 3 is 2.64 bits per heavy atom. The van der Waals surface area contributed by atoms with Gasteiger partial charge in [-0.3, -0.25) is 0 Å². The third-order valence-corrected chi connectivity index (χ3v) is 1.92. The normalized spacial score (nSPS) is 8.00. The van der Waals surface area contributed by atoms with E-state index < -0.39 is 0 Å². The molecule has 0 N–H and O–H groups in total. The minimum absolute atomic E-state index is 0.274. The Labute approximate surface area is 73.5 Å². The third-order valence-electron chi connectivity index (χ3n) is 1.11. The van der Waals surface area contributed by atoms with Crippen molar-refractivity contribution in [1.82, 2.24) is 0 Å². The summed E-state index contributed by atoms with van der Waals surface area (Å²) in [7, 11) is 0. The van der Waals surface area contributed by atoms with Gasteiger partial charge in [0.1, 0.15) is 0 Å². The summed E-state index contributed by atoms with van der Waals surface area (Å²) in [6.45, 7) is 3.62. The van der Waals surface area contributed by atoms with E-state index in [1.807, 2.05) is 35.3 Å². The molecule has 0 aliphatic rings. The van der Waals surface area contributed by atoms with E-state index in [-0.39, 0.29) is 15.0 Å². The van der Waals surface area contributed by atoms with E-state index in [2.05, 4.69) is 17.3 Å². The fraction of sp³-hybridized carbons (Fsp3) is 0. The van der Waals surface area contributed by atoms with E-state index in [4.69, 9.17) is 0 Å². The summed E-state index contributed by atoms with van der Waals surface area (Å²) in [6, 6.07) is 9.98. The van der Waals surface area contributed by atoms with Crippen LogP contribution in [0.15, 0.2) is 41.9 Å². The number of hydrogen-bond donors (Lipinski definition) is 0. The Morgan fingerprint density at radius 2 is 2.00 bits per heavy atom. The summed E-state index contributed by atoms with van der Waals surface area (Å²) in [4.78, 5) is 4.91. The Bertz CT molecular complexity index is 277. The minimum atomic E-state index is 0.274. The maximum atomic E-state index is 3.62. The molecule has 0 nitrogen and oxygen atoms in total. The predicted octanol–water partition coefficient (Wildman–Crippen LogP) is 1.84. The first-order valence-electron chi connectivity index (χ1n) is 3.26. The van der Waals surface area contributed by atoms with Crippen molar-refractivity contribution in [2.24, 2.45) is 0 Å². The maximum absolute atomic E-state index is 3.62. The zero-order chi connectivity index (χ0) is 7.94. The van der Waals surface area contributed by atoms with Crippen molar-refractivity contribution < 1.29 is 0 Å². The molecule has 11 heavy (non-hydrogen) atoms. The molecule has 54 valence electrons. The van der Waals surface area contributed by atoms with Gasteiger partial charge in [-0.2, -0.15) is 0 Å². The van der Waals surface area contributed by atoms with Crippen LogP contribution in [0.2, 0.25) is 0 Å². The number of rotatable bonds is 1. The van der Waals surface area contributed by atoms with Crippen LogP contribution in [0.3, 0.4) is 0 Å². The summed E-state index contributed by atoms with van der Waals surface area (Å²) in [6.07, 6.45) is 0. The van der Waals surface area contributed by atoms with Crippen molar-refractivity contribution in [3.63, 3.8) is 0 Å². The molecular formula is C10H8Se. The molecule has 1 aromatic rings. The van der Waals surface area contributed by atoms with E-state index >= 15 is 0 Å².